The van der Waals surface area contributed by atoms with E-state index < -0.39 is 0 Å². The first kappa shape index (κ1) is 15.0. The summed E-state index contributed by atoms with van der Waals surface area (Å²) in [5.74, 6) is 0.955. The predicted molar refractivity (Wildman–Crippen MR) is 78.7 cm³/mol. The van der Waals surface area contributed by atoms with Gasteiger partial charge in [-0.2, -0.15) is 0 Å². The molecule has 18 heavy (non-hydrogen) atoms. The summed E-state index contributed by atoms with van der Waals surface area (Å²) in [6.07, 6.45) is 6.92. The Kier molecular flexibility index (Phi) is 6.20. The van der Waals surface area contributed by atoms with Crippen molar-refractivity contribution in [1.29, 1.82) is 0 Å². The third kappa shape index (κ3) is 4.34. The molecule has 0 bridgehead atoms. The maximum absolute atomic E-state index is 9.58. The quantitative estimate of drug-likeness (QED) is 0.580. The Balaban J connectivity index is 2.71. The number of nitrogens with one attached hydrogen (secondary N) is 1. The third-order valence-electron chi connectivity index (χ3n) is 3.93. The van der Waals surface area contributed by atoms with Gasteiger partial charge in [-0.25, -0.2) is 0 Å². The van der Waals surface area contributed by atoms with Crippen LogP contribution in [0.15, 0.2) is 35.1 Å². The SMILES string of the molecule is C=C(O)C(=C/C)/C(C)=C(\C)CC1CCCNCC1. The highest BCUT2D eigenvalue weighted by Crippen LogP contribution is 2.27. The molecule has 2 nitrogen and oxygen atoms in total. The van der Waals surface area contributed by atoms with Gasteiger partial charge in [0.25, 0.3) is 0 Å². The van der Waals surface area contributed by atoms with Crippen molar-refractivity contribution in [3.63, 3.8) is 0 Å². The van der Waals surface area contributed by atoms with Gasteiger partial charge in [-0.15, -0.1) is 0 Å². The average molecular weight is 249 g/mol. The molecule has 2 N–H and O–H groups in total. The average Bonchev–Trinajstić information content (AvgIpc) is 2.57. The molecule has 0 amide bonds. The zero-order chi connectivity index (χ0) is 13.5. The molecule has 1 saturated heterocycles. The van der Waals surface area contributed by atoms with Crippen LogP contribution in [-0.4, -0.2) is 18.2 Å². The van der Waals surface area contributed by atoms with Crippen molar-refractivity contribution in [1.82, 2.24) is 5.32 Å². The summed E-state index contributed by atoms with van der Waals surface area (Å²) < 4.78 is 0. The Hall–Kier alpha value is -1.02. The minimum absolute atomic E-state index is 0.178. The van der Waals surface area contributed by atoms with E-state index in [1.54, 1.807) is 0 Å². The molecule has 0 aromatic heterocycles. The highest BCUT2D eigenvalue weighted by molar-refractivity contribution is 5.42. The fourth-order valence-electron chi connectivity index (χ4n) is 2.71. The fourth-order valence-corrected chi connectivity index (χ4v) is 2.71. The molecular weight excluding hydrogens is 222 g/mol. The lowest BCUT2D eigenvalue weighted by atomic mass is 9.89. The van der Waals surface area contributed by atoms with Crippen LogP contribution >= 0.6 is 0 Å². The van der Waals surface area contributed by atoms with Gasteiger partial charge in [0, 0.05) is 5.57 Å². The number of rotatable bonds is 4. The van der Waals surface area contributed by atoms with E-state index in [2.05, 4.69) is 25.7 Å². The number of aliphatic hydroxyl groups excluding tert-OH is 1. The van der Waals surface area contributed by atoms with E-state index in [1.807, 2.05) is 13.0 Å². The largest absolute Gasteiger partial charge is 0.508 e. The van der Waals surface area contributed by atoms with Crippen LogP contribution in [0.2, 0.25) is 0 Å². The molecule has 2 heteroatoms. The third-order valence-corrected chi connectivity index (χ3v) is 3.93. The van der Waals surface area contributed by atoms with E-state index in [0.717, 1.165) is 31.0 Å². The maximum atomic E-state index is 9.58. The van der Waals surface area contributed by atoms with Crippen molar-refractivity contribution in [2.24, 2.45) is 5.92 Å². The summed E-state index contributed by atoms with van der Waals surface area (Å²) in [7, 11) is 0. The fraction of sp³-hybridized carbons (Fsp3) is 0.625. The molecular formula is C16H27NO. The highest BCUT2D eigenvalue weighted by Gasteiger charge is 2.14. The standard InChI is InChI=1S/C16H27NO/c1-5-16(14(4)18)13(3)12(2)11-15-7-6-9-17-10-8-15/h5,15,17-18H,4,6-11H2,1-3H3/b13-12+,16-5+. The summed E-state index contributed by atoms with van der Waals surface area (Å²) in [5, 5.41) is 13.0. The lowest BCUT2D eigenvalue weighted by molar-refractivity contribution is 0.426. The van der Waals surface area contributed by atoms with Crippen LogP contribution in [0, 0.1) is 5.92 Å². The van der Waals surface area contributed by atoms with Gasteiger partial charge in [0.05, 0.1) is 0 Å². The van der Waals surface area contributed by atoms with Gasteiger partial charge < -0.3 is 10.4 Å². The van der Waals surface area contributed by atoms with Crippen LogP contribution in [0.3, 0.4) is 0 Å². The van der Waals surface area contributed by atoms with Gasteiger partial charge in [0.2, 0.25) is 0 Å². The van der Waals surface area contributed by atoms with Gasteiger partial charge >= 0.3 is 0 Å². The van der Waals surface area contributed by atoms with E-state index in [-0.39, 0.29) is 5.76 Å². The Morgan fingerprint density at radius 1 is 1.33 bits per heavy atom. The summed E-state index contributed by atoms with van der Waals surface area (Å²) in [6, 6.07) is 0. The minimum Gasteiger partial charge on any atom is -0.508 e. The number of hydrogen-bond acceptors (Lipinski definition) is 2. The van der Waals surface area contributed by atoms with Crippen LogP contribution in [0.1, 0.15) is 46.5 Å². The van der Waals surface area contributed by atoms with Crippen LogP contribution in [0.5, 0.6) is 0 Å². The molecule has 0 aliphatic carbocycles. The van der Waals surface area contributed by atoms with Gasteiger partial charge in [-0.05, 0) is 71.0 Å². The van der Waals surface area contributed by atoms with Crippen LogP contribution in [0.25, 0.3) is 0 Å². The highest BCUT2D eigenvalue weighted by atomic mass is 16.3. The van der Waals surface area contributed by atoms with E-state index >= 15 is 0 Å². The van der Waals surface area contributed by atoms with Crippen molar-refractivity contribution in [3.05, 3.63) is 35.1 Å². The zero-order valence-electron chi connectivity index (χ0n) is 12.1. The lowest BCUT2D eigenvalue weighted by Crippen LogP contribution is -2.14. The molecule has 1 aliphatic rings. The second-order valence-electron chi connectivity index (χ2n) is 5.31. The first-order valence-corrected chi connectivity index (χ1v) is 6.98. The summed E-state index contributed by atoms with van der Waals surface area (Å²) in [5.41, 5.74) is 3.45. The summed E-state index contributed by atoms with van der Waals surface area (Å²) in [4.78, 5) is 0. The minimum atomic E-state index is 0.178. The first-order chi connectivity index (χ1) is 8.56. The van der Waals surface area contributed by atoms with E-state index in [4.69, 9.17) is 0 Å². The molecule has 102 valence electrons. The Morgan fingerprint density at radius 2 is 2.06 bits per heavy atom. The van der Waals surface area contributed by atoms with E-state index in [0.29, 0.717) is 0 Å². The van der Waals surface area contributed by atoms with Crippen molar-refractivity contribution in [2.45, 2.75) is 46.5 Å². The monoisotopic (exact) mass is 249 g/mol. The zero-order valence-corrected chi connectivity index (χ0v) is 12.1. The molecule has 0 spiro atoms. The molecule has 0 aromatic carbocycles. The summed E-state index contributed by atoms with van der Waals surface area (Å²) >= 11 is 0. The molecule has 1 heterocycles. The molecule has 0 aromatic rings. The maximum Gasteiger partial charge on any atom is 0.115 e. The van der Waals surface area contributed by atoms with Gasteiger partial charge in [0.1, 0.15) is 5.76 Å². The number of hydrogen-bond donors (Lipinski definition) is 2. The molecule has 1 aliphatic heterocycles. The van der Waals surface area contributed by atoms with Crippen molar-refractivity contribution in [3.8, 4) is 0 Å². The molecule has 0 radical (unpaired) electrons. The molecule has 1 unspecified atom stereocenters. The molecule has 0 saturated carbocycles. The normalized spacial score (nSPS) is 23.3. The molecule has 1 atom stereocenters. The van der Waals surface area contributed by atoms with E-state index in [9.17, 15) is 5.11 Å². The van der Waals surface area contributed by atoms with Gasteiger partial charge in [0.15, 0.2) is 0 Å². The van der Waals surface area contributed by atoms with Crippen molar-refractivity contribution in [2.75, 3.05) is 13.1 Å². The Labute approximate surface area is 111 Å². The van der Waals surface area contributed by atoms with Crippen LogP contribution < -0.4 is 5.32 Å². The predicted octanol–water partition coefficient (Wildman–Crippen LogP) is 4.12. The van der Waals surface area contributed by atoms with E-state index in [1.165, 1.54) is 30.4 Å². The molecule has 1 rings (SSSR count). The van der Waals surface area contributed by atoms with Crippen molar-refractivity contribution < 1.29 is 5.11 Å². The lowest BCUT2D eigenvalue weighted by Gasteiger charge is -2.17. The smallest absolute Gasteiger partial charge is 0.115 e. The van der Waals surface area contributed by atoms with Gasteiger partial charge in [-0.3, -0.25) is 0 Å². The topological polar surface area (TPSA) is 32.3 Å². The van der Waals surface area contributed by atoms with Gasteiger partial charge in [-0.1, -0.05) is 18.2 Å². The first-order valence-electron chi connectivity index (χ1n) is 6.98. The van der Waals surface area contributed by atoms with Crippen LogP contribution in [-0.2, 0) is 0 Å². The summed E-state index contributed by atoms with van der Waals surface area (Å²) in [6.45, 7) is 12.1. The Morgan fingerprint density at radius 3 is 2.67 bits per heavy atom. The second-order valence-corrected chi connectivity index (χ2v) is 5.31. The number of aliphatic hydroxyl groups is 1. The second kappa shape index (κ2) is 7.42. The molecule has 1 fully saturated rings. The Bertz CT molecular complexity index is 344. The van der Waals surface area contributed by atoms with Crippen molar-refractivity contribution >= 4 is 0 Å². The number of allylic oxidation sites excluding steroid dienone is 3. The van der Waals surface area contributed by atoms with Crippen LogP contribution in [0.4, 0.5) is 0 Å².